The summed E-state index contributed by atoms with van der Waals surface area (Å²) in [5.74, 6) is 1.44. The number of fused-ring (bicyclic) bond motifs is 1. The Morgan fingerprint density at radius 1 is 1.10 bits per heavy atom. The Hall–Kier alpha value is -2.46. The Labute approximate surface area is 127 Å². The number of ether oxygens (including phenoxy) is 1. The first kappa shape index (κ1) is 13.5. The van der Waals surface area contributed by atoms with Crippen molar-refractivity contribution in [1.82, 2.24) is 4.98 Å². The molecule has 0 saturated heterocycles. The van der Waals surface area contributed by atoms with Gasteiger partial charge in [0, 0.05) is 17.1 Å². The number of anilines is 3. The Morgan fingerprint density at radius 3 is 2.76 bits per heavy atom. The molecular weight excluding hydrogens is 286 g/mol. The molecule has 0 saturated carbocycles. The summed E-state index contributed by atoms with van der Waals surface area (Å²) in [6, 6.07) is 14.9. The van der Waals surface area contributed by atoms with E-state index in [9.17, 15) is 0 Å². The number of halogens is 1. The second-order valence-corrected chi connectivity index (χ2v) is 5.03. The normalized spacial score (nSPS) is 10.6. The third-order valence-corrected chi connectivity index (χ3v) is 3.48. The molecule has 0 spiro atoms. The van der Waals surface area contributed by atoms with Crippen LogP contribution in [0.25, 0.3) is 10.9 Å². The van der Waals surface area contributed by atoms with Gasteiger partial charge in [0.05, 0.1) is 23.3 Å². The Bertz CT molecular complexity index is 805. The largest absolute Gasteiger partial charge is 0.497 e. The van der Waals surface area contributed by atoms with Gasteiger partial charge in [-0.05, 0) is 42.5 Å². The highest BCUT2D eigenvalue weighted by Gasteiger charge is 2.05. The van der Waals surface area contributed by atoms with E-state index in [0.29, 0.717) is 10.8 Å². The van der Waals surface area contributed by atoms with Crippen molar-refractivity contribution >= 4 is 39.7 Å². The van der Waals surface area contributed by atoms with Crippen molar-refractivity contribution in [2.24, 2.45) is 0 Å². The summed E-state index contributed by atoms with van der Waals surface area (Å²) < 4.78 is 5.20. The Balaban J connectivity index is 1.96. The lowest BCUT2D eigenvalue weighted by Gasteiger charge is -2.10. The molecule has 0 aliphatic heterocycles. The van der Waals surface area contributed by atoms with Gasteiger partial charge < -0.3 is 15.8 Å². The first-order chi connectivity index (χ1) is 10.2. The fourth-order valence-corrected chi connectivity index (χ4v) is 2.24. The quantitative estimate of drug-likeness (QED) is 0.711. The minimum absolute atomic E-state index is 0.606. The highest BCUT2D eigenvalue weighted by Crippen LogP contribution is 2.29. The van der Waals surface area contributed by atoms with Crippen molar-refractivity contribution in [2.75, 3.05) is 18.2 Å². The number of hydrogen-bond donors (Lipinski definition) is 2. The molecule has 0 aliphatic carbocycles. The van der Waals surface area contributed by atoms with Gasteiger partial charge in [0.25, 0.3) is 0 Å². The molecule has 0 radical (unpaired) electrons. The zero-order valence-electron chi connectivity index (χ0n) is 11.4. The van der Waals surface area contributed by atoms with Crippen LogP contribution in [0.2, 0.25) is 5.02 Å². The van der Waals surface area contributed by atoms with Gasteiger partial charge in [0.1, 0.15) is 11.6 Å². The summed E-state index contributed by atoms with van der Waals surface area (Å²) in [5, 5.41) is 4.80. The van der Waals surface area contributed by atoms with Crippen LogP contribution >= 0.6 is 11.6 Å². The van der Waals surface area contributed by atoms with E-state index in [1.54, 1.807) is 13.2 Å². The van der Waals surface area contributed by atoms with E-state index in [1.807, 2.05) is 42.5 Å². The number of pyridine rings is 1. The number of nitrogens with one attached hydrogen (secondary N) is 1. The van der Waals surface area contributed by atoms with Crippen LogP contribution in [0.3, 0.4) is 0 Å². The molecule has 21 heavy (non-hydrogen) atoms. The molecule has 5 heteroatoms. The van der Waals surface area contributed by atoms with Gasteiger partial charge in [0.2, 0.25) is 0 Å². The van der Waals surface area contributed by atoms with Crippen molar-refractivity contribution in [2.45, 2.75) is 0 Å². The maximum Gasteiger partial charge on any atom is 0.131 e. The molecule has 0 bridgehead atoms. The predicted octanol–water partition coefficient (Wildman–Crippen LogP) is 4.22. The topological polar surface area (TPSA) is 60.2 Å². The summed E-state index contributed by atoms with van der Waals surface area (Å²) in [5.41, 5.74) is 8.10. The number of benzene rings is 2. The van der Waals surface area contributed by atoms with E-state index in [0.717, 1.165) is 28.0 Å². The average molecular weight is 300 g/mol. The fraction of sp³-hybridized carbons (Fsp3) is 0.0625. The summed E-state index contributed by atoms with van der Waals surface area (Å²) in [7, 11) is 1.62. The monoisotopic (exact) mass is 299 g/mol. The molecule has 0 amide bonds. The van der Waals surface area contributed by atoms with Gasteiger partial charge in [-0.25, -0.2) is 4.98 Å². The van der Waals surface area contributed by atoms with Crippen molar-refractivity contribution in [3.8, 4) is 5.75 Å². The molecule has 2 aromatic carbocycles. The molecule has 1 aromatic heterocycles. The van der Waals surface area contributed by atoms with E-state index < -0.39 is 0 Å². The summed E-state index contributed by atoms with van der Waals surface area (Å²) >= 11 is 6.18. The third-order valence-electron chi connectivity index (χ3n) is 3.15. The van der Waals surface area contributed by atoms with E-state index in [2.05, 4.69) is 10.3 Å². The number of aromatic nitrogens is 1. The number of rotatable bonds is 3. The highest BCUT2D eigenvalue weighted by atomic mass is 35.5. The molecule has 0 unspecified atom stereocenters. The van der Waals surface area contributed by atoms with Crippen LogP contribution in [0.15, 0.2) is 48.5 Å². The number of hydrogen-bond acceptors (Lipinski definition) is 4. The lowest BCUT2D eigenvalue weighted by atomic mass is 10.2. The average Bonchev–Trinajstić information content (AvgIpc) is 2.49. The third kappa shape index (κ3) is 2.85. The molecule has 0 atom stereocenters. The smallest absolute Gasteiger partial charge is 0.131 e. The molecule has 0 fully saturated rings. The van der Waals surface area contributed by atoms with Gasteiger partial charge >= 0.3 is 0 Å². The van der Waals surface area contributed by atoms with Crippen LogP contribution in [-0.4, -0.2) is 12.1 Å². The number of nitrogen functional groups attached to an aromatic ring is 1. The summed E-state index contributed by atoms with van der Waals surface area (Å²) in [6.07, 6.45) is 0. The lowest BCUT2D eigenvalue weighted by molar-refractivity contribution is 0.415. The molecule has 3 aromatic rings. The van der Waals surface area contributed by atoms with Gasteiger partial charge in [-0.3, -0.25) is 0 Å². The molecule has 0 aliphatic rings. The summed E-state index contributed by atoms with van der Waals surface area (Å²) in [6.45, 7) is 0. The lowest BCUT2D eigenvalue weighted by Crippen LogP contribution is -1.96. The van der Waals surface area contributed by atoms with Crippen LogP contribution in [-0.2, 0) is 0 Å². The van der Waals surface area contributed by atoms with Gasteiger partial charge in [0.15, 0.2) is 0 Å². The maximum atomic E-state index is 6.18. The van der Waals surface area contributed by atoms with Crippen molar-refractivity contribution in [3.05, 3.63) is 53.6 Å². The van der Waals surface area contributed by atoms with Crippen molar-refractivity contribution in [3.63, 3.8) is 0 Å². The second-order valence-electron chi connectivity index (χ2n) is 4.62. The van der Waals surface area contributed by atoms with Crippen molar-refractivity contribution < 1.29 is 4.74 Å². The van der Waals surface area contributed by atoms with Crippen LogP contribution in [0.1, 0.15) is 0 Å². The van der Waals surface area contributed by atoms with Crippen LogP contribution in [0, 0.1) is 0 Å². The van der Waals surface area contributed by atoms with E-state index in [1.165, 1.54) is 0 Å². The van der Waals surface area contributed by atoms with E-state index in [4.69, 9.17) is 22.1 Å². The second kappa shape index (κ2) is 5.50. The summed E-state index contributed by atoms with van der Waals surface area (Å²) in [4.78, 5) is 4.54. The first-order valence-corrected chi connectivity index (χ1v) is 6.80. The van der Waals surface area contributed by atoms with E-state index in [-0.39, 0.29) is 0 Å². The van der Waals surface area contributed by atoms with Gasteiger partial charge in [-0.1, -0.05) is 11.6 Å². The van der Waals surface area contributed by atoms with Crippen LogP contribution in [0.5, 0.6) is 5.75 Å². The molecule has 3 N–H and O–H groups in total. The zero-order valence-corrected chi connectivity index (χ0v) is 12.2. The van der Waals surface area contributed by atoms with Crippen LogP contribution < -0.4 is 15.8 Å². The first-order valence-electron chi connectivity index (χ1n) is 6.42. The number of methoxy groups -OCH3 is 1. The molecule has 4 nitrogen and oxygen atoms in total. The fourth-order valence-electron chi connectivity index (χ4n) is 2.08. The van der Waals surface area contributed by atoms with Gasteiger partial charge in [-0.2, -0.15) is 0 Å². The zero-order chi connectivity index (χ0) is 14.8. The minimum atomic E-state index is 0.606. The Morgan fingerprint density at radius 2 is 1.95 bits per heavy atom. The molecule has 1 heterocycles. The minimum Gasteiger partial charge on any atom is -0.497 e. The maximum absolute atomic E-state index is 6.18. The SMILES string of the molecule is COc1ccc(Cl)c(Nc2ccc3cc(N)ccc3n2)c1. The van der Waals surface area contributed by atoms with Crippen LogP contribution in [0.4, 0.5) is 17.2 Å². The molecule has 3 rings (SSSR count). The van der Waals surface area contributed by atoms with E-state index >= 15 is 0 Å². The predicted molar refractivity (Wildman–Crippen MR) is 87.4 cm³/mol. The Kier molecular flexibility index (Phi) is 3.54. The van der Waals surface area contributed by atoms with Gasteiger partial charge in [-0.15, -0.1) is 0 Å². The highest BCUT2D eigenvalue weighted by molar-refractivity contribution is 6.33. The standard InChI is InChI=1S/C16H14ClN3O/c1-21-12-4-5-13(17)15(9-12)20-16-7-2-10-8-11(18)3-6-14(10)19-16/h2-9H,18H2,1H3,(H,19,20). The molecular formula is C16H14ClN3O. The molecule has 106 valence electrons. The van der Waals surface area contributed by atoms with Crippen molar-refractivity contribution in [1.29, 1.82) is 0 Å². The number of nitrogens with two attached hydrogens (primary N) is 1. The number of nitrogens with zero attached hydrogens (tertiary/aromatic N) is 1.